The van der Waals surface area contributed by atoms with Gasteiger partial charge in [-0.05, 0) is 37.0 Å². The molecule has 0 bridgehead atoms. The van der Waals surface area contributed by atoms with Gasteiger partial charge in [-0.15, -0.1) is 0 Å². The van der Waals surface area contributed by atoms with Gasteiger partial charge in [-0.3, -0.25) is 4.79 Å². The van der Waals surface area contributed by atoms with Gasteiger partial charge in [0.15, 0.2) is 0 Å². The van der Waals surface area contributed by atoms with Crippen molar-refractivity contribution >= 4 is 11.5 Å². The minimum absolute atomic E-state index is 0.0143. The molecule has 120 valence electrons. The molecule has 1 aromatic rings. The van der Waals surface area contributed by atoms with E-state index in [-0.39, 0.29) is 17.0 Å². The average molecular weight is 313 g/mol. The largest absolute Gasteiger partial charge is 0.416 e. The zero-order valence-corrected chi connectivity index (χ0v) is 12.2. The molecular weight excluding hydrogens is 295 g/mol. The van der Waals surface area contributed by atoms with Crippen LogP contribution in [0.4, 0.5) is 13.2 Å². The fraction of sp³-hybridized carbons (Fsp3) is 0.438. The normalized spacial score (nSPS) is 17.7. The Bertz CT molecular complexity index is 573. The lowest BCUT2D eigenvalue weighted by Gasteiger charge is -2.28. The lowest BCUT2D eigenvalue weighted by molar-refractivity contribution is -0.137. The second-order valence-electron chi connectivity index (χ2n) is 5.43. The molecule has 0 spiro atoms. The number of aliphatic hydroxyl groups excluding tert-OH is 1. The third-order valence-corrected chi connectivity index (χ3v) is 3.77. The van der Waals surface area contributed by atoms with E-state index in [1.807, 2.05) is 0 Å². The number of allylic oxidation sites excluding steroid dienone is 1. The zero-order valence-electron chi connectivity index (χ0n) is 12.2. The maximum Gasteiger partial charge on any atom is 0.416 e. The molecule has 1 aliphatic rings. The predicted molar refractivity (Wildman–Crippen MR) is 76.9 cm³/mol. The quantitative estimate of drug-likeness (QED) is 0.852. The van der Waals surface area contributed by atoms with E-state index in [1.54, 1.807) is 4.90 Å². The van der Waals surface area contributed by atoms with E-state index in [4.69, 9.17) is 0 Å². The molecule has 2 rings (SSSR count). The van der Waals surface area contributed by atoms with Crippen molar-refractivity contribution in [2.75, 3.05) is 13.1 Å². The molecule has 0 atom stereocenters. The second-order valence-corrected chi connectivity index (χ2v) is 5.43. The first-order valence-corrected chi connectivity index (χ1v) is 7.11. The number of carbonyl (C=O) groups is 1. The summed E-state index contributed by atoms with van der Waals surface area (Å²) >= 11 is 0. The van der Waals surface area contributed by atoms with Gasteiger partial charge in [0.05, 0.1) is 11.7 Å². The minimum atomic E-state index is -4.45. The summed E-state index contributed by atoms with van der Waals surface area (Å²) in [6.07, 6.45) is -2.62. The summed E-state index contributed by atoms with van der Waals surface area (Å²) in [4.78, 5) is 13.7. The van der Waals surface area contributed by atoms with Crippen LogP contribution in [0.1, 0.15) is 30.9 Å². The van der Waals surface area contributed by atoms with E-state index in [2.05, 4.69) is 0 Å². The Balaban J connectivity index is 2.21. The first kappa shape index (κ1) is 16.5. The molecule has 1 heterocycles. The number of benzene rings is 1. The number of alkyl halides is 3. The van der Waals surface area contributed by atoms with Crippen molar-refractivity contribution in [1.29, 1.82) is 0 Å². The fourth-order valence-electron chi connectivity index (χ4n) is 2.51. The highest BCUT2D eigenvalue weighted by atomic mass is 19.4. The number of hydrogen-bond acceptors (Lipinski definition) is 2. The molecule has 0 radical (unpaired) electrons. The van der Waals surface area contributed by atoms with Crippen LogP contribution in [0.25, 0.3) is 5.57 Å². The number of carbonyl (C=O) groups excluding carboxylic acids is 1. The highest BCUT2D eigenvalue weighted by Gasteiger charge is 2.33. The number of amides is 1. The molecule has 1 fully saturated rings. The van der Waals surface area contributed by atoms with Crippen LogP contribution >= 0.6 is 0 Å². The first-order chi connectivity index (χ1) is 10.3. The third-order valence-electron chi connectivity index (χ3n) is 3.77. The summed E-state index contributed by atoms with van der Waals surface area (Å²) in [5.74, 6) is -0.318. The van der Waals surface area contributed by atoms with Gasteiger partial charge in [0.1, 0.15) is 0 Å². The van der Waals surface area contributed by atoms with Crippen LogP contribution in [0.2, 0.25) is 0 Å². The summed E-state index contributed by atoms with van der Waals surface area (Å²) in [5.41, 5.74) is -0.449. The number of nitrogens with zero attached hydrogens (tertiary/aromatic N) is 1. The van der Waals surface area contributed by atoms with Crippen molar-refractivity contribution in [3.05, 3.63) is 41.5 Å². The Kier molecular flexibility index (Phi) is 4.90. The molecule has 6 heteroatoms. The maximum absolute atomic E-state index is 13.0. The summed E-state index contributed by atoms with van der Waals surface area (Å²) in [7, 11) is 0. The van der Waals surface area contributed by atoms with Crippen LogP contribution in [-0.2, 0) is 11.0 Å². The average Bonchev–Trinajstić information content (AvgIpc) is 2.47. The third kappa shape index (κ3) is 3.88. The monoisotopic (exact) mass is 313 g/mol. The molecule has 1 saturated heterocycles. The van der Waals surface area contributed by atoms with Crippen LogP contribution < -0.4 is 0 Å². The highest BCUT2D eigenvalue weighted by molar-refractivity contribution is 5.95. The van der Waals surface area contributed by atoms with Gasteiger partial charge in [0.2, 0.25) is 5.91 Å². The Morgan fingerprint density at radius 2 is 1.86 bits per heavy atom. The Morgan fingerprint density at radius 1 is 1.27 bits per heavy atom. The Hall–Kier alpha value is -1.82. The fourth-order valence-corrected chi connectivity index (χ4v) is 2.51. The molecule has 1 aromatic carbocycles. The van der Waals surface area contributed by atoms with Gasteiger partial charge in [0.25, 0.3) is 0 Å². The molecule has 22 heavy (non-hydrogen) atoms. The van der Waals surface area contributed by atoms with Crippen LogP contribution in [0.5, 0.6) is 0 Å². The topological polar surface area (TPSA) is 40.5 Å². The van der Waals surface area contributed by atoms with Crippen molar-refractivity contribution in [2.45, 2.75) is 32.0 Å². The van der Waals surface area contributed by atoms with Crippen LogP contribution in [0.15, 0.2) is 30.3 Å². The first-order valence-electron chi connectivity index (χ1n) is 7.11. The standard InChI is InChI=1S/C16H18F3NO2/c1-11(10-15(22)20-8-6-12(21)7-9-20)13-4-2-3-5-14(13)16(17,18)19/h2-5,10,12,21H,6-9H2,1H3. The van der Waals surface area contributed by atoms with Gasteiger partial charge in [0, 0.05) is 19.2 Å². The van der Waals surface area contributed by atoms with Gasteiger partial charge in [-0.25, -0.2) is 0 Å². The summed E-state index contributed by atoms with van der Waals surface area (Å²) in [6, 6.07) is 5.22. The molecule has 3 nitrogen and oxygen atoms in total. The van der Waals surface area contributed by atoms with E-state index < -0.39 is 17.8 Å². The molecule has 0 aliphatic carbocycles. The molecule has 0 saturated carbocycles. The van der Waals surface area contributed by atoms with Gasteiger partial charge >= 0.3 is 6.18 Å². The van der Waals surface area contributed by atoms with Crippen molar-refractivity contribution in [2.24, 2.45) is 0 Å². The summed E-state index contributed by atoms with van der Waals surface area (Å²) < 4.78 is 39.0. The molecule has 1 amide bonds. The van der Waals surface area contributed by atoms with E-state index in [0.717, 1.165) is 6.07 Å². The Labute approximate surface area is 127 Å². The summed E-state index contributed by atoms with van der Waals surface area (Å²) in [5, 5.41) is 9.42. The predicted octanol–water partition coefficient (Wildman–Crippen LogP) is 3.09. The van der Waals surface area contributed by atoms with E-state index in [9.17, 15) is 23.1 Å². The van der Waals surface area contributed by atoms with Crippen LogP contribution in [-0.4, -0.2) is 35.1 Å². The minimum Gasteiger partial charge on any atom is -0.393 e. The zero-order chi connectivity index (χ0) is 16.3. The smallest absolute Gasteiger partial charge is 0.393 e. The number of halogens is 3. The summed E-state index contributed by atoms with van der Waals surface area (Å²) in [6.45, 7) is 2.34. The molecule has 1 aliphatic heterocycles. The SMILES string of the molecule is CC(=CC(=O)N1CCC(O)CC1)c1ccccc1C(F)(F)F. The number of rotatable bonds is 2. The molecule has 1 N–H and O–H groups in total. The lowest BCUT2D eigenvalue weighted by atomic mass is 9.99. The number of likely N-dealkylation sites (tertiary alicyclic amines) is 1. The van der Waals surface area contributed by atoms with Crippen LogP contribution in [0, 0.1) is 0 Å². The number of aliphatic hydroxyl groups is 1. The van der Waals surface area contributed by atoms with Gasteiger partial charge in [-0.1, -0.05) is 18.2 Å². The molecular formula is C16H18F3NO2. The van der Waals surface area contributed by atoms with Crippen molar-refractivity contribution < 1.29 is 23.1 Å². The van der Waals surface area contributed by atoms with Crippen molar-refractivity contribution in [3.63, 3.8) is 0 Å². The maximum atomic E-state index is 13.0. The van der Waals surface area contributed by atoms with E-state index >= 15 is 0 Å². The highest BCUT2D eigenvalue weighted by Crippen LogP contribution is 2.34. The van der Waals surface area contributed by atoms with Crippen molar-refractivity contribution in [3.8, 4) is 0 Å². The number of hydrogen-bond donors (Lipinski definition) is 1. The van der Waals surface area contributed by atoms with E-state index in [1.165, 1.54) is 31.2 Å². The molecule has 0 unspecified atom stereocenters. The van der Waals surface area contributed by atoms with Gasteiger partial charge < -0.3 is 10.0 Å². The van der Waals surface area contributed by atoms with Crippen molar-refractivity contribution in [1.82, 2.24) is 4.90 Å². The lowest BCUT2D eigenvalue weighted by Crippen LogP contribution is -2.39. The second kappa shape index (κ2) is 6.52. The van der Waals surface area contributed by atoms with E-state index in [0.29, 0.717) is 25.9 Å². The number of piperidine rings is 1. The van der Waals surface area contributed by atoms with Gasteiger partial charge in [-0.2, -0.15) is 13.2 Å². The van der Waals surface area contributed by atoms with Crippen LogP contribution in [0.3, 0.4) is 0 Å². The Morgan fingerprint density at radius 3 is 2.45 bits per heavy atom. The molecule has 0 aromatic heterocycles.